The Balaban J connectivity index is 2.11. The Morgan fingerprint density at radius 3 is 2.85 bits per heavy atom. The molecule has 7 nitrogen and oxygen atoms in total. The molecule has 1 heterocycles. The summed E-state index contributed by atoms with van der Waals surface area (Å²) >= 11 is 6.61. The van der Waals surface area contributed by atoms with Crippen LogP contribution in [-0.4, -0.2) is 33.0 Å². The van der Waals surface area contributed by atoms with E-state index >= 15 is 0 Å². The van der Waals surface area contributed by atoms with Crippen LogP contribution in [0.25, 0.3) is 0 Å². The number of carbonyl (C=O) groups is 1. The van der Waals surface area contributed by atoms with Crippen molar-refractivity contribution < 1.29 is 9.72 Å². The number of halogens is 1. The molecule has 1 aromatic carbocycles. The predicted molar refractivity (Wildman–Crippen MR) is 73.8 cm³/mol. The van der Waals surface area contributed by atoms with Gasteiger partial charge in [0, 0.05) is 25.7 Å². The first-order valence-electron chi connectivity index (χ1n) is 5.45. The van der Waals surface area contributed by atoms with Crippen LogP contribution in [0.3, 0.4) is 0 Å². The molecule has 0 N–H and O–H groups in total. The molecule has 104 valence electrons. The Kier molecular flexibility index (Phi) is 4.26. The van der Waals surface area contributed by atoms with Gasteiger partial charge in [0.15, 0.2) is 0 Å². The van der Waals surface area contributed by atoms with Crippen molar-refractivity contribution in [3.8, 4) is 0 Å². The van der Waals surface area contributed by atoms with E-state index in [0.29, 0.717) is 5.56 Å². The minimum atomic E-state index is -0.476. The van der Waals surface area contributed by atoms with Crippen LogP contribution in [0.1, 0.15) is 15.4 Å². The zero-order valence-electron chi connectivity index (χ0n) is 10.3. The number of amides is 1. The summed E-state index contributed by atoms with van der Waals surface area (Å²) in [5.74, 6) is -0.332. The molecule has 20 heavy (non-hydrogen) atoms. The second-order valence-electron chi connectivity index (χ2n) is 3.95. The minimum absolute atomic E-state index is 0.0118. The number of nitrogens with zero attached hydrogens (tertiary/aromatic N) is 4. The standard InChI is InChI=1S/C11H9ClN4O3S/c1-15(10(17)9-13-14-11(12)20-9)6-7-3-2-4-8(5-7)16(18)19/h2-5H,6H2,1H3. The first-order valence-corrected chi connectivity index (χ1v) is 6.64. The predicted octanol–water partition coefficient (Wildman–Crippen LogP) is 2.37. The highest BCUT2D eigenvalue weighted by atomic mass is 35.5. The van der Waals surface area contributed by atoms with E-state index in [9.17, 15) is 14.9 Å². The number of benzene rings is 1. The molecule has 0 bridgehead atoms. The first kappa shape index (κ1) is 14.4. The lowest BCUT2D eigenvalue weighted by atomic mass is 10.2. The fourth-order valence-corrected chi connectivity index (χ4v) is 2.39. The Morgan fingerprint density at radius 1 is 1.50 bits per heavy atom. The van der Waals surface area contributed by atoms with Crippen molar-refractivity contribution in [3.05, 3.63) is 49.4 Å². The molecule has 2 aromatic rings. The van der Waals surface area contributed by atoms with E-state index in [-0.39, 0.29) is 27.6 Å². The molecule has 0 saturated heterocycles. The van der Waals surface area contributed by atoms with Crippen molar-refractivity contribution in [1.82, 2.24) is 15.1 Å². The number of carbonyl (C=O) groups excluding carboxylic acids is 1. The van der Waals surface area contributed by atoms with Crippen molar-refractivity contribution in [2.24, 2.45) is 0 Å². The smallest absolute Gasteiger partial charge is 0.284 e. The summed E-state index contributed by atoms with van der Waals surface area (Å²) in [6.45, 7) is 0.234. The summed E-state index contributed by atoms with van der Waals surface area (Å²) in [4.78, 5) is 23.6. The Bertz CT molecular complexity index is 661. The maximum atomic E-state index is 12.0. The first-order chi connectivity index (χ1) is 9.47. The monoisotopic (exact) mass is 312 g/mol. The van der Waals surface area contributed by atoms with Gasteiger partial charge in [0.25, 0.3) is 11.6 Å². The van der Waals surface area contributed by atoms with Crippen molar-refractivity contribution in [2.45, 2.75) is 6.54 Å². The molecule has 1 amide bonds. The van der Waals surface area contributed by atoms with Gasteiger partial charge in [-0.15, -0.1) is 10.2 Å². The molecule has 0 atom stereocenters. The normalized spacial score (nSPS) is 10.3. The molecule has 9 heteroatoms. The van der Waals surface area contributed by atoms with Crippen LogP contribution in [0, 0.1) is 10.1 Å². The van der Waals surface area contributed by atoms with Gasteiger partial charge >= 0.3 is 0 Å². The van der Waals surface area contributed by atoms with E-state index in [4.69, 9.17) is 11.6 Å². The summed E-state index contributed by atoms with van der Waals surface area (Å²) < 4.78 is 0.192. The average molecular weight is 313 g/mol. The number of rotatable bonds is 4. The number of aromatic nitrogens is 2. The zero-order valence-corrected chi connectivity index (χ0v) is 11.9. The Labute approximate surface area is 123 Å². The maximum absolute atomic E-state index is 12.0. The molecule has 0 aliphatic heterocycles. The maximum Gasteiger partial charge on any atom is 0.284 e. The Hall–Kier alpha value is -2.06. The lowest BCUT2D eigenvalue weighted by molar-refractivity contribution is -0.384. The molecule has 2 rings (SSSR count). The highest BCUT2D eigenvalue weighted by Gasteiger charge is 2.17. The van der Waals surface area contributed by atoms with Gasteiger partial charge in [-0.05, 0) is 17.2 Å². The van der Waals surface area contributed by atoms with Crippen LogP contribution in [0.15, 0.2) is 24.3 Å². The molecule has 0 unspecified atom stereocenters. The van der Waals surface area contributed by atoms with Crippen LogP contribution in [0.2, 0.25) is 4.47 Å². The largest absolute Gasteiger partial charge is 0.335 e. The molecule has 0 fully saturated rings. The number of non-ortho nitro benzene ring substituents is 1. The van der Waals surface area contributed by atoms with Crippen molar-refractivity contribution >= 4 is 34.5 Å². The summed E-state index contributed by atoms with van der Waals surface area (Å²) in [5.41, 5.74) is 0.646. The van der Waals surface area contributed by atoms with Gasteiger partial charge in [-0.25, -0.2) is 0 Å². The van der Waals surface area contributed by atoms with Crippen LogP contribution in [0.4, 0.5) is 5.69 Å². The quantitative estimate of drug-likeness (QED) is 0.638. The molecule has 0 radical (unpaired) electrons. The van der Waals surface area contributed by atoms with Gasteiger partial charge in [-0.3, -0.25) is 14.9 Å². The number of nitro groups is 1. The minimum Gasteiger partial charge on any atom is -0.335 e. The van der Waals surface area contributed by atoms with Crippen molar-refractivity contribution in [1.29, 1.82) is 0 Å². The lowest BCUT2D eigenvalue weighted by Crippen LogP contribution is -2.26. The fraction of sp³-hybridized carbons (Fsp3) is 0.182. The zero-order chi connectivity index (χ0) is 14.7. The lowest BCUT2D eigenvalue weighted by Gasteiger charge is -2.15. The van der Waals surface area contributed by atoms with E-state index < -0.39 is 4.92 Å². The van der Waals surface area contributed by atoms with Crippen molar-refractivity contribution in [2.75, 3.05) is 7.05 Å². The summed E-state index contributed by atoms with van der Waals surface area (Å²) in [6.07, 6.45) is 0. The highest BCUT2D eigenvalue weighted by Crippen LogP contribution is 2.18. The van der Waals surface area contributed by atoms with Gasteiger partial charge < -0.3 is 4.90 Å². The second-order valence-corrected chi connectivity index (χ2v) is 5.51. The molecule has 0 spiro atoms. The number of hydrogen-bond donors (Lipinski definition) is 0. The molecule has 1 aromatic heterocycles. The highest BCUT2D eigenvalue weighted by molar-refractivity contribution is 7.17. The SMILES string of the molecule is CN(Cc1cccc([N+](=O)[O-])c1)C(=O)c1nnc(Cl)s1. The van der Waals surface area contributed by atoms with E-state index in [0.717, 1.165) is 11.3 Å². The van der Waals surface area contributed by atoms with Gasteiger partial charge in [-0.2, -0.15) is 0 Å². The summed E-state index contributed by atoms with van der Waals surface area (Å²) in [7, 11) is 1.58. The topological polar surface area (TPSA) is 89.2 Å². The third kappa shape index (κ3) is 3.28. The average Bonchev–Trinajstić information content (AvgIpc) is 2.84. The third-order valence-electron chi connectivity index (χ3n) is 2.47. The van der Waals surface area contributed by atoms with Crippen LogP contribution < -0.4 is 0 Å². The molecular weight excluding hydrogens is 304 g/mol. The molecule has 0 aliphatic rings. The second kappa shape index (κ2) is 5.93. The van der Waals surface area contributed by atoms with Crippen molar-refractivity contribution in [3.63, 3.8) is 0 Å². The number of nitro benzene ring substituents is 1. The van der Waals surface area contributed by atoms with E-state index in [1.165, 1.54) is 17.0 Å². The van der Waals surface area contributed by atoms with Crippen LogP contribution in [-0.2, 0) is 6.54 Å². The Morgan fingerprint density at radius 2 is 2.25 bits per heavy atom. The third-order valence-corrected chi connectivity index (χ3v) is 3.48. The van der Waals surface area contributed by atoms with Crippen LogP contribution >= 0.6 is 22.9 Å². The van der Waals surface area contributed by atoms with Gasteiger partial charge in [-0.1, -0.05) is 23.5 Å². The summed E-state index contributed by atoms with van der Waals surface area (Å²) in [5, 5.41) is 18.1. The van der Waals surface area contributed by atoms with Gasteiger partial charge in [0.2, 0.25) is 9.47 Å². The molecule has 0 aliphatic carbocycles. The molecule has 0 saturated carbocycles. The van der Waals surface area contributed by atoms with E-state index in [1.54, 1.807) is 19.2 Å². The van der Waals surface area contributed by atoms with E-state index in [2.05, 4.69) is 10.2 Å². The summed E-state index contributed by atoms with van der Waals surface area (Å²) in [6, 6.07) is 6.12. The fourth-order valence-electron chi connectivity index (χ4n) is 1.57. The number of hydrogen-bond acceptors (Lipinski definition) is 6. The van der Waals surface area contributed by atoms with Gasteiger partial charge in [0.1, 0.15) is 0 Å². The molecular formula is C11H9ClN4O3S. The van der Waals surface area contributed by atoms with E-state index in [1.807, 2.05) is 0 Å². The van der Waals surface area contributed by atoms with Gasteiger partial charge in [0.05, 0.1) is 4.92 Å². The van der Waals surface area contributed by atoms with Crippen LogP contribution in [0.5, 0.6) is 0 Å².